The third-order valence-electron chi connectivity index (χ3n) is 3.43. The van der Waals surface area contributed by atoms with E-state index in [1.54, 1.807) is 0 Å². The Bertz CT molecular complexity index is 231. The number of carbonyl (C=O) groups is 1. The van der Waals surface area contributed by atoms with E-state index >= 15 is 0 Å². The van der Waals surface area contributed by atoms with Gasteiger partial charge in [0.05, 0.1) is 19.1 Å². The van der Waals surface area contributed by atoms with Crippen molar-refractivity contribution in [2.24, 2.45) is 5.92 Å². The Morgan fingerprint density at radius 2 is 2.21 bits per heavy atom. The van der Waals surface area contributed by atoms with Crippen molar-refractivity contribution in [2.75, 3.05) is 20.2 Å². The van der Waals surface area contributed by atoms with E-state index in [2.05, 4.69) is 4.90 Å². The summed E-state index contributed by atoms with van der Waals surface area (Å²) in [6, 6.07) is 0.214. The summed E-state index contributed by atoms with van der Waals surface area (Å²) < 4.78 is 4.74. The number of esters is 1. The van der Waals surface area contributed by atoms with Crippen molar-refractivity contribution in [1.82, 2.24) is 4.90 Å². The highest BCUT2D eigenvalue weighted by Gasteiger charge is 2.44. The van der Waals surface area contributed by atoms with Crippen molar-refractivity contribution in [1.29, 1.82) is 0 Å². The van der Waals surface area contributed by atoms with Crippen LogP contribution in [0.25, 0.3) is 0 Å². The molecule has 4 nitrogen and oxygen atoms in total. The standard InChI is InChI=1S/C10H17NO3/c1-14-10(13)9-7-3-2-5-11(7)6-4-8(9)12/h7-9,12H,2-6H2,1H3/t7-,8-,9-/m1/s1. The van der Waals surface area contributed by atoms with Crippen LogP contribution < -0.4 is 0 Å². The molecule has 0 amide bonds. The van der Waals surface area contributed by atoms with Gasteiger partial charge in [-0.2, -0.15) is 0 Å². The third-order valence-corrected chi connectivity index (χ3v) is 3.43. The quantitative estimate of drug-likeness (QED) is 0.604. The molecule has 0 aromatic heterocycles. The van der Waals surface area contributed by atoms with Crippen molar-refractivity contribution in [2.45, 2.75) is 31.4 Å². The number of piperidine rings is 1. The molecule has 2 rings (SSSR count). The maximum atomic E-state index is 11.5. The fraction of sp³-hybridized carbons (Fsp3) is 0.900. The first kappa shape index (κ1) is 9.93. The summed E-state index contributed by atoms with van der Waals surface area (Å²) in [5, 5.41) is 9.79. The molecule has 2 aliphatic rings. The van der Waals surface area contributed by atoms with Crippen molar-refractivity contribution >= 4 is 5.97 Å². The van der Waals surface area contributed by atoms with Crippen LogP contribution in [0.4, 0.5) is 0 Å². The minimum absolute atomic E-state index is 0.214. The van der Waals surface area contributed by atoms with Gasteiger partial charge in [0, 0.05) is 12.6 Å². The lowest BCUT2D eigenvalue weighted by Crippen LogP contribution is -2.51. The molecule has 0 aromatic rings. The SMILES string of the molecule is COC(=O)[C@H]1[C@H](O)CCN2CCC[C@H]12. The van der Waals surface area contributed by atoms with Crippen molar-refractivity contribution < 1.29 is 14.6 Å². The van der Waals surface area contributed by atoms with Gasteiger partial charge in [-0.3, -0.25) is 9.69 Å². The van der Waals surface area contributed by atoms with Crippen LogP contribution in [-0.4, -0.2) is 48.3 Å². The molecule has 0 aliphatic carbocycles. The Morgan fingerprint density at radius 1 is 1.43 bits per heavy atom. The second-order valence-electron chi connectivity index (χ2n) is 4.15. The Labute approximate surface area is 83.8 Å². The topological polar surface area (TPSA) is 49.8 Å². The minimum atomic E-state index is -0.512. The van der Waals surface area contributed by atoms with Gasteiger partial charge in [0.1, 0.15) is 0 Å². The monoisotopic (exact) mass is 199 g/mol. The molecule has 0 radical (unpaired) electrons. The van der Waals surface area contributed by atoms with Crippen LogP contribution >= 0.6 is 0 Å². The number of fused-ring (bicyclic) bond motifs is 1. The lowest BCUT2D eigenvalue weighted by atomic mass is 9.87. The molecule has 80 valence electrons. The van der Waals surface area contributed by atoms with E-state index in [0.717, 1.165) is 25.9 Å². The number of nitrogens with zero attached hydrogens (tertiary/aromatic N) is 1. The van der Waals surface area contributed by atoms with Gasteiger partial charge >= 0.3 is 5.97 Å². The predicted molar refractivity (Wildman–Crippen MR) is 50.7 cm³/mol. The molecule has 2 saturated heterocycles. The maximum absolute atomic E-state index is 11.5. The average molecular weight is 199 g/mol. The van der Waals surface area contributed by atoms with Crippen LogP contribution in [0, 0.1) is 5.92 Å². The average Bonchev–Trinajstić information content (AvgIpc) is 2.64. The van der Waals surface area contributed by atoms with Gasteiger partial charge in [0.25, 0.3) is 0 Å². The largest absolute Gasteiger partial charge is 0.469 e. The zero-order valence-corrected chi connectivity index (χ0v) is 8.48. The van der Waals surface area contributed by atoms with E-state index in [-0.39, 0.29) is 17.9 Å². The fourth-order valence-corrected chi connectivity index (χ4v) is 2.72. The van der Waals surface area contributed by atoms with Gasteiger partial charge in [-0.25, -0.2) is 0 Å². The van der Waals surface area contributed by atoms with Gasteiger partial charge in [-0.1, -0.05) is 0 Å². The number of ether oxygens (including phenoxy) is 1. The Balaban J connectivity index is 2.13. The zero-order chi connectivity index (χ0) is 10.1. The Morgan fingerprint density at radius 3 is 2.93 bits per heavy atom. The van der Waals surface area contributed by atoms with Gasteiger partial charge < -0.3 is 9.84 Å². The van der Waals surface area contributed by atoms with E-state index in [0.29, 0.717) is 6.42 Å². The molecule has 0 aromatic carbocycles. The van der Waals surface area contributed by atoms with Crippen LogP contribution in [-0.2, 0) is 9.53 Å². The van der Waals surface area contributed by atoms with Crippen LogP contribution in [0.3, 0.4) is 0 Å². The van der Waals surface area contributed by atoms with Gasteiger partial charge in [0.15, 0.2) is 0 Å². The first-order valence-electron chi connectivity index (χ1n) is 5.24. The molecule has 3 atom stereocenters. The predicted octanol–water partition coefficient (Wildman–Crippen LogP) is 0.00460. The number of aliphatic hydroxyl groups excluding tert-OH is 1. The molecule has 4 heteroatoms. The number of carbonyl (C=O) groups excluding carboxylic acids is 1. The number of methoxy groups -OCH3 is 1. The molecule has 0 bridgehead atoms. The van der Waals surface area contributed by atoms with Gasteiger partial charge in [0.2, 0.25) is 0 Å². The number of rotatable bonds is 1. The van der Waals surface area contributed by atoms with Gasteiger partial charge in [-0.15, -0.1) is 0 Å². The van der Waals surface area contributed by atoms with E-state index in [1.165, 1.54) is 7.11 Å². The highest BCUT2D eigenvalue weighted by molar-refractivity contribution is 5.74. The summed E-state index contributed by atoms with van der Waals surface area (Å²) in [6.07, 6.45) is 2.32. The lowest BCUT2D eigenvalue weighted by Gasteiger charge is -2.38. The smallest absolute Gasteiger partial charge is 0.312 e. The number of aliphatic hydroxyl groups is 1. The molecule has 0 saturated carbocycles. The minimum Gasteiger partial charge on any atom is -0.469 e. The van der Waals surface area contributed by atoms with Crippen LogP contribution in [0.1, 0.15) is 19.3 Å². The highest BCUT2D eigenvalue weighted by atomic mass is 16.5. The molecular weight excluding hydrogens is 182 g/mol. The van der Waals surface area contributed by atoms with E-state index < -0.39 is 6.10 Å². The van der Waals surface area contributed by atoms with Crippen LogP contribution in [0.2, 0.25) is 0 Å². The van der Waals surface area contributed by atoms with E-state index in [1.807, 2.05) is 0 Å². The van der Waals surface area contributed by atoms with Crippen LogP contribution in [0.15, 0.2) is 0 Å². The summed E-state index contributed by atoms with van der Waals surface area (Å²) in [6.45, 7) is 1.98. The summed E-state index contributed by atoms with van der Waals surface area (Å²) in [4.78, 5) is 13.8. The first-order valence-corrected chi connectivity index (χ1v) is 5.24. The van der Waals surface area contributed by atoms with E-state index in [4.69, 9.17) is 4.74 Å². The molecule has 2 heterocycles. The zero-order valence-electron chi connectivity index (χ0n) is 8.48. The second kappa shape index (κ2) is 3.87. The molecular formula is C10H17NO3. The molecule has 2 fully saturated rings. The number of hydrogen-bond donors (Lipinski definition) is 1. The van der Waals surface area contributed by atoms with E-state index in [9.17, 15) is 9.90 Å². The Kier molecular flexibility index (Phi) is 2.74. The number of hydrogen-bond acceptors (Lipinski definition) is 4. The van der Waals surface area contributed by atoms with Gasteiger partial charge in [-0.05, 0) is 25.8 Å². The highest BCUT2D eigenvalue weighted by Crippen LogP contribution is 2.32. The molecule has 0 unspecified atom stereocenters. The third kappa shape index (κ3) is 1.53. The van der Waals surface area contributed by atoms with Crippen molar-refractivity contribution in [3.63, 3.8) is 0 Å². The summed E-state index contributed by atoms with van der Waals surface area (Å²) in [5.41, 5.74) is 0. The molecule has 14 heavy (non-hydrogen) atoms. The second-order valence-corrected chi connectivity index (χ2v) is 4.15. The normalized spacial score (nSPS) is 38.0. The van der Waals surface area contributed by atoms with Crippen molar-refractivity contribution in [3.8, 4) is 0 Å². The van der Waals surface area contributed by atoms with Crippen LogP contribution in [0.5, 0.6) is 0 Å². The first-order chi connectivity index (χ1) is 6.74. The van der Waals surface area contributed by atoms with Crippen molar-refractivity contribution in [3.05, 3.63) is 0 Å². The molecule has 2 aliphatic heterocycles. The summed E-state index contributed by atoms with van der Waals surface area (Å²) in [5.74, 6) is -0.578. The molecule has 0 spiro atoms. The molecule has 1 N–H and O–H groups in total. The summed E-state index contributed by atoms with van der Waals surface area (Å²) >= 11 is 0. The fourth-order valence-electron chi connectivity index (χ4n) is 2.72. The maximum Gasteiger partial charge on any atom is 0.312 e. The Hall–Kier alpha value is -0.610. The summed E-state index contributed by atoms with van der Waals surface area (Å²) in [7, 11) is 1.39. The lowest BCUT2D eigenvalue weighted by molar-refractivity contribution is -0.155.